The molecule has 168 valence electrons. The third-order valence-electron chi connectivity index (χ3n) is 5.41. The first-order valence-electron chi connectivity index (χ1n) is 11.8. The molecule has 0 aliphatic rings. The highest BCUT2D eigenvalue weighted by Gasteiger charge is 2.18. The predicted molar refractivity (Wildman–Crippen MR) is 124 cm³/mol. The lowest BCUT2D eigenvalue weighted by molar-refractivity contribution is 0.293. The fourth-order valence-corrected chi connectivity index (χ4v) is 3.55. The Morgan fingerprint density at radius 1 is 0.833 bits per heavy atom. The molecule has 0 amide bonds. The van der Waals surface area contributed by atoms with Crippen LogP contribution in [0.15, 0.2) is 23.0 Å². The van der Waals surface area contributed by atoms with Gasteiger partial charge in [-0.15, -0.1) is 0 Å². The molecule has 0 unspecified atom stereocenters. The summed E-state index contributed by atoms with van der Waals surface area (Å²) in [6.45, 7) is 8.14. The van der Waals surface area contributed by atoms with Gasteiger partial charge in [0.15, 0.2) is 5.75 Å². The molecule has 0 aliphatic carbocycles. The summed E-state index contributed by atoms with van der Waals surface area (Å²) in [7, 11) is 0. The molecule has 0 saturated heterocycles. The quantitative estimate of drug-likeness (QED) is 0.339. The number of unbranched alkanes of at least 4 members (excludes halogenated alkanes) is 7. The summed E-state index contributed by atoms with van der Waals surface area (Å²) in [6, 6.07) is 5.70. The largest absolute Gasteiger partial charge is 0.500 e. The van der Waals surface area contributed by atoms with Crippen LogP contribution >= 0.6 is 0 Å². The van der Waals surface area contributed by atoms with Gasteiger partial charge in [-0.05, 0) is 31.4 Å². The van der Waals surface area contributed by atoms with E-state index < -0.39 is 0 Å². The lowest BCUT2D eigenvalue weighted by Gasteiger charge is -2.17. The molecule has 1 aromatic carbocycles. The number of fused-ring (bicyclic) bond motifs is 1. The highest BCUT2D eigenvalue weighted by molar-refractivity contribution is 5.88. The molecule has 0 atom stereocenters. The second-order valence-electron chi connectivity index (χ2n) is 7.99. The number of benzene rings is 1. The fourth-order valence-electron chi connectivity index (χ4n) is 3.55. The van der Waals surface area contributed by atoms with Crippen LogP contribution in [0.1, 0.15) is 85.0 Å². The van der Waals surface area contributed by atoms with Crippen LogP contribution in [-0.4, -0.2) is 22.9 Å². The number of hydrogen-bond acceptors (Lipinski definition) is 4. The molecule has 1 N–H and O–H groups in total. The van der Waals surface area contributed by atoms with Crippen LogP contribution in [0.2, 0.25) is 0 Å². The average molecular weight is 418 g/mol. The molecular formula is C25H39NO4. The minimum Gasteiger partial charge on any atom is -0.500 e. The van der Waals surface area contributed by atoms with Crippen molar-refractivity contribution >= 4 is 10.9 Å². The summed E-state index contributed by atoms with van der Waals surface area (Å²) in [5.41, 5.74) is 0.389. The van der Waals surface area contributed by atoms with Crippen LogP contribution in [0.4, 0.5) is 0 Å². The highest BCUT2D eigenvalue weighted by Crippen LogP contribution is 2.34. The average Bonchev–Trinajstić information content (AvgIpc) is 2.75. The van der Waals surface area contributed by atoms with E-state index in [1.165, 1.54) is 25.7 Å². The van der Waals surface area contributed by atoms with Crippen molar-refractivity contribution in [3.63, 3.8) is 0 Å². The van der Waals surface area contributed by atoms with E-state index in [0.29, 0.717) is 25.5 Å². The lowest BCUT2D eigenvalue weighted by Crippen LogP contribution is -2.21. The molecule has 1 aromatic heterocycles. The first-order valence-corrected chi connectivity index (χ1v) is 11.8. The Morgan fingerprint density at radius 3 is 2.17 bits per heavy atom. The van der Waals surface area contributed by atoms with Crippen LogP contribution in [0.5, 0.6) is 17.2 Å². The molecule has 5 heteroatoms. The number of aromatic nitrogens is 1. The van der Waals surface area contributed by atoms with Crippen molar-refractivity contribution in [3.05, 3.63) is 28.6 Å². The maximum absolute atomic E-state index is 13.0. The zero-order chi connectivity index (χ0) is 21.8. The number of aryl methyl sites for hydroxylation is 1. The number of hydrogen-bond donors (Lipinski definition) is 1. The van der Waals surface area contributed by atoms with Crippen molar-refractivity contribution in [2.75, 3.05) is 13.2 Å². The predicted octanol–water partition coefficient (Wildman–Crippen LogP) is 6.43. The third-order valence-corrected chi connectivity index (χ3v) is 5.41. The maximum atomic E-state index is 13.0. The van der Waals surface area contributed by atoms with Crippen LogP contribution < -0.4 is 15.0 Å². The lowest BCUT2D eigenvalue weighted by atomic mass is 10.1. The number of pyridine rings is 1. The second-order valence-corrected chi connectivity index (χ2v) is 7.99. The minimum atomic E-state index is -0.381. The Morgan fingerprint density at radius 2 is 1.47 bits per heavy atom. The molecule has 0 saturated carbocycles. The van der Waals surface area contributed by atoms with E-state index in [9.17, 15) is 9.90 Å². The van der Waals surface area contributed by atoms with Crippen LogP contribution in [0, 0.1) is 0 Å². The van der Waals surface area contributed by atoms with Crippen LogP contribution in [0.25, 0.3) is 10.9 Å². The normalized spacial score (nSPS) is 11.2. The van der Waals surface area contributed by atoms with E-state index in [2.05, 4.69) is 20.8 Å². The molecule has 30 heavy (non-hydrogen) atoms. The van der Waals surface area contributed by atoms with Crippen molar-refractivity contribution in [1.29, 1.82) is 0 Å². The summed E-state index contributed by atoms with van der Waals surface area (Å²) >= 11 is 0. The van der Waals surface area contributed by atoms with E-state index in [0.717, 1.165) is 55.2 Å². The summed E-state index contributed by atoms with van der Waals surface area (Å²) in [5, 5.41) is 11.4. The molecule has 1 heterocycles. The van der Waals surface area contributed by atoms with Gasteiger partial charge in [-0.25, -0.2) is 0 Å². The number of rotatable bonds is 15. The van der Waals surface area contributed by atoms with Crippen LogP contribution in [0.3, 0.4) is 0 Å². The van der Waals surface area contributed by atoms with E-state index in [1.54, 1.807) is 4.57 Å². The van der Waals surface area contributed by atoms with Gasteiger partial charge >= 0.3 is 0 Å². The molecule has 2 rings (SSSR count). The Balaban J connectivity index is 2.33. The van der Waals surface area contributed by atoms with Gasteiger partial charge in [-0.1, -0.05) is 65.7 Å². The molecular weight excluding hydrogens is 378 g/mol. The first kappa shape index (κ1) is 24.1. The summed E-state index contributed by atoms with van der Waals surface area (Å²) in [5.74, 6) is 0.754. The monoisotopic (exact) mass is 417 g/mol. The van der Waals surface area contributed by atoms with Gasteiger partial charge in [0.2, 0.25) is 5.75 Å². The van der Waals surface area contributed by atoms with Gasteiger partial charge in [0.1, 0.15) is 5.75 Å². The molecule has 0 fully saturated rings. The molecule has 0 radical (unpaired) electrons. The summed E-state index contributed by atoms with van der Waals surface area (Å²) < 4.78 is 13.4. The maximum Gasteiger partial charge on any atom is 0.297 e. The number of nitrogens with zero attached hydrogens (tertiary/aromatic N) is 1. The van der Waals surface area contributed by atoms with E-state index >= 15 is 0 Å². The van der Waals surface area contributed by atoms with Crippen molar-refractivity contribution in [3.8, 4) is 17.2 Å². The zero-order valence-corrected chi connectivity index (χ0v) is 19.0. The molecule has 0 aliphatic heterocycles. The smallest absolute Gasteiger partial charge is 0.297 e. The zero-order valence-electron chi connectivity index (χ0n) is 19.0. The van der Waals surface area contributed by atoms with E-state index in [-0.39, 0.29) is 11.3 Å². The number of ether oxygens (including phenoxy) is 2. The van der Waals surface area contributed by atoms with Gasteiger partial charge in [0.25, 0.3) is 5.56 Å². The molecule has 0 spiro atoms. The van der Waals surface area contributed by atoms with Gasteiger partial charge in [0.05, 0.1) is 18.7 Å². The first-order chi connectivity index (χ1) is 14.6. The van der Waals surface area contributed by atoms with E-state index in [4.69, 9.17) is 9.47 Å². The Labute approximate surface area is 181 Å². The SMILES string of the molecule is CCCCCCCCn1c(=O)c(O)c(OCCCC)c2ccc(OCCCC)cc21. The van der Waals surface area contributed by atoms with E-state index in [1.807, 2.05) is 18.2 Å². The van der Waals surface area contributed by atoms with Crippen molar-refractivity contribution in [2.45, 2.75) is 91.5 Å². The van der Waals surface area contributed by atoms with Gasteiger partial charge in [-0.3, -0.25) is 4.79 Å². The standard InChI is InChI=1S/C25H39NO4/c1-4-7-10-11-12-13-16-26-22-19-20(29-17-8-5-2)14-15-21(22)24(23(27)25(26)28)30-18-9-6-3/h14-15,19,27H,4-13,16-18H2,1-3H3. The third kappa shape index (κ3) is 6.68. The fraction of sp³-hybridized carbons (Fsp3) is 0.640. The van der Waals surface area contributed by atoms with Gasteiger partial charge in [-0.2, -0.15) is 0 Å². The minimum absolute atomic E-state index is 0.288. The van der Waals surface area contributed by atoms with Gasteiger partial charge < -0.3 is 19.1 Å². The highest BCUT2D eigenvalue weighted by atomic mass is 16.5. The molecule has 2 aromatic rings. The summed E-state index contributed by atoms with van der Waals surface area (Å²) in [6.07, 6.45) is 10.8. The summed E-state index contributed by atoms with van der Waals surface area (Å²) in [4.78, 5) is 13.0. The Kier molecular flexibility index (Phi) is 10.6. The van der Waals surface area contributed by atoms with Crippen molar-refractivity contribution < 1.29 is 14.6 Å². The molecule has 0 bridgehead atoms. The Hall–Kier alpha value is -2.17. The molecule has 5 nitrogen and oxygen atoms in total. The topological polar surface area (TPSA) is 60.7 Å². The Bertz CT molecular complexity index is 828. The van der Waals surface area contributed by atoms with Gasteiger partial charge in [0, 0.05) is 18.0 Å². The van der Waals surface area contributed by atoms with Crippen molar-refractivity contribution in [2.24, 2.45) is 0 Å². The second kappa shape index (κ2) is 13.2. The number of aromatic hydroxyl groups is 1. The van der Waals surface area contributed by atoms with Crippen LogP contribution in [-0.2, 0) is 6.54 Å². The van der Waals surface area contributed by atoms with Crippen molar-refractivity contribution in [1.82, 2.24) is 4.57 Å².